The minimum absolute atomic E-state index is 0.0531. The van der Waals surface area contributed by atoms with E-state index in [1.54, 1.807) is 19.1 Å². The molecule has 138 valence electrons. The number of hydrogen-bond acceptors (Lipinski definition) is 5. The quantitative estimate of drug-likeness (QED) is 0.504. The summed E-state index contributed by atoms with van der Waals surface area (Å²) >= 11 is 0. The number of carbonyl (C=O) groups excluding carboxylic acids is 2. The SMILES string of the molecule is CC1=NC(=O)NC(c2ccc([N+](=O)[O-])cc2)C1C(=O)OC1CCCCC1. The molecule has 26 heavy (non-hydrogen) atoms. The minimum Gasteiger partial charge on any atom is -0.462 e. The molecule has 3 rings (SSSR count). The average Bonchev–Trinajstić information content (AvgIpc) is 2.61. The lowest BCUT2D eigenvalue weighted by Gasteiger charge is -2.31. The molecule has 1 saturated carbocycles. The van der Waals surface area contributed by atoms with E-state index in [2.05, 4.69) is 10.3 Å². The normalized spacial score (nSPS) is 23.7. The predicted molar refractivity (Wildman–Crippen MR) is 93.9 cm³/mol. The number of nitro groups is 1. The highest BCUT2D eigenvalue weighted by Gasteiger charge is 2.39. The zero-order chi connectivity index (χ0) is 18.7. The minimum atomic E-state index is -0.740. The fourth-order valence-corrected chi connectivity index (χ4v) is 3.53. The number of ether oxygens (including phenoxy) is 1. The van der Waals surface area contributed by atoms with E-state index < -0.39 is 28.9 Å². The number of nitrogens with zero attached hydrogens (tertiary/aromatic N) is 2. The molecule has 1 N–H and O–H groups in total. The zero-order valence-electron chi connectivity index (χ0n) is 14.5. The molecule has 2 unspecified atom stereocenters. The summed E-state index contributed by atoms with van der Waals surface area (Å²) in [6.45, 7) is 1.63. The summed E-state index contributed by atoms with van der Waals surface area (Å²) in [5, 5.41) is 13.5. The second-order valence-electron chi connectivity index (χ2n) is 6.70. The van der Waals surface area contributed by atoms with Gasteiger partial charge in [-0.1, -0.05) is 18.6 Å². The summed E-state index contributed by atoms with van der Waals surface area (Å²) < 4.78 is 5.67. The van der Waals surface area contributed by atoms with Crippen LogP contribution in [0.25, 0.3) is 0 Å². The molecule has 8 heteroatoms. The maximum absolute atomic E-state index is 12.8. The topological polar surface area (TPSA) is 111 Å². The first-order valence-electron chi connectivity index (χ1n) is 8.76. The average molecular weight is 359 g/mol. The van der Waals surface area contributed by atoms with Crippen LogP contribution in [0.4, 0.5) is 10.5 Å². The number of urea groups is 1. The van der Waals surface area contributed by atoms with Crippen LogP contribution < -0.4 is 5.32 Å². The monoisotopic (exact) mass is 359 g/mol. The van der Waals surface area contributed by atoms with Gasteiger partial charge in [0.1, 0.15) is 12.0 Å². The Kier molecular flexibility index (Phi) is 5.29. The molecule has 1 heterocycles. The molecule has 0 aromatic heterocycles. The van der Waals surface area contributed by atoms with Gasteiger partial charge in [-0.05, 0) is 38.2 Å². The van der Waals surface area contributed by atoms with Gasteiger partial charge in [0.2, 0.25) is 0 Å². The molecular formula is C18H21N3O5. The van der Waals surface area contributed by atoms with Crippen molar-refractivity contribution >= 4 is 23.4 Å². The van der Waals surface area contributed by atoms with Crippen molar-refractivity contribution < 1.29 is 19.2 Å². The number of rotatable bonds is 4. The lowest BCUT2D eigenvalue weighted by Crippen LogP contribution is -2.45. The summed E-state index contributed by atoms with van der Waals surface area (Å²) in [5.41, 5.74) is 0.935. The second-order valence-corrected chi connectivity index (χ2v) is 6.70. The van der Waals surface area contributed by atoms with Crippen LogP contribution in [0.15, 0.2) is 29.3 Å². The van der Waals surface area contributed by atoms with E-state index in [4.69, 9.17) is 4.74 Å². The van der Waals surface area contributed by atoms with Crippen LogP contribution in [0.3, 0.4) is 0 Å². The third kappa shape index (κ3) is 3.89. The van der Waals surface area contributed by atoms with Crippen LogP contribution in [0.5, 0.6) is 0 Å². The lowest BCUT2D eigenvalue weighted by molar-refractivity contribution is -0.384. The van der Waals surface area contributed by atoms with Crippen molar-refractivity contribution in [3.05, 3.63) is 39.9 Å². The van der Waals surface area contributed by atoms with E-state index >= 15 is 0 Å². The molecule has 2 amide bonds. The summed E-state index contributed by atoms with van der Waals surface area (Å²) in [6, 6.07) is 4.60. The van der Waals surface area contributed by atoms with Crippen LogP contribution >= 0.6 is 0 Å². The maximum atomic E-state index is 12.8. The number of esters is 1. The molecule has 8 nitrogen and oxygen atoms in total. The summed E-state index contributed by atoms with van der Waals surface area (Å²) in [5.74, 6) is -1.16. The van der Waals surface area contributed by atoms with E-state index in [1.165, 1.54) is 12.1 Å². The van der Waals surface area contributed by atoms with Gasteiger partial charge in [0.15, 0.2) is 0 Å². The third-order valence-electron chi connectivity index (χ3n) is 4.89. The molecule has 0 saturated heterocycles. The van der Waals surface area contributed by atoms with Gasteiger partial charge in [0.25, 0.3) is 5.69 Å². The Balaban J connectivity index is 1.83. The van der Waals surface area contributed by atoms with Gasteiger partial charge < -0.3 is 10.1 Å². The number of aliphatic imine (C=N–C) groups is 1. The molecule has 1 aliphatic carbocycles. The van der Waals surface area contributed by atoms with Crippen molar-refractivity contribution in [2.75, 3.05) is 0 Å². The van der Waals surface area contributed by atoms with Crippen molar-refractivity contribution in [2.24, 2.45) is 10.9 Å². The van der Waals surface area contributed by atoms with Crippen molar-refractivity contribution in [1.82, 2.24) is 5.32 Å². The predicted octanol–water partition coefficient (Wildman–Crippen LogP) is 3.31. The van der Waals surface area contributed by atoms with Gasteiger partial charge in [0, 0.05) is 17.8 Å². The van der Waals surface area contributed by atoms with Crippen LogP contribution in [-0.2, 0) is 9.53 Å². The molecule has 2 aliphatic rings. The Labute approximate surface area is 150 Å². The van der Waals surface area contributed by atoms with Crippen LogP contribution in [0.2, 0.25) is 0 Å². The highest BCUT2D eigenvalue weighted by Crippen LogP contribution is 2.31. The van der Waals surface area contributed by atoms with Crippen LogP contribution in [-0.4, -0.2) is 28.7 Å². The first-order chi connectivity index (χ1) is 12.5. The zero-order valence-corrected chi connectivity index (χ0v) is 14.5. The number of non-ortho nitro benzene ring substituents is 1. The molecule has 2 atom stereocenters. The Morgan fingerprint density at radius 2 is 1.88 bits per heavy atom. The first kappa shape index (κ1) is 18.0. The summed E-state index contributed by atoms with van der Waals surface area (Å²) in [7, 11) is 0. The highest BCUT2D eigenvalue weighted by atomic mass is 16.6. The first-order valence-corrected chi connectivity index (χ1v) is 8.76. The highest BCUT2D eigenvalue weighted by molar-refractivity contribution is 6.08. The third-order valence-corrected chi connectivity index (χ3v) is 4.89. The fraction of sp³-hybridized carbons (Fsp3) is 0.500. The van der Waals surface area contributed by atoms with Gasteiger partial charge in [0.05, 0.1) is 11.0 Å². The Morgan fingerprint density at radius 3 is 2.50 bits per heavy atom. The standard InChI is InChI=1S/C18H21N3O5/c1-11-15(17(22)26-14-5-3-2-4-6-14)16(20-18(23)19-11)12-7-9-13(10-8-12)21(24)25/h7-10,14-16H,2-6H2,1H3,(H,20,23). The number of nitro benzene ring substituents is 1. The van der Waals surface area contributed by atoms with E-state index in [1.807, 2.05) is 0 Å². The van der Waals surface area contributed by atoms with Gasteiger partial charge in [-0.3, -0.25) is 14.9 Å². The molecule has 1 aliphatic heterocycles. The van der Waals surface area contributed by atoms with E-state index in [0.717, 1.165) is 32.1 Å². The maximum Gasteiger partial charge on any atom is 0.341 e. The summed E-state index contributed by atoms with van der Waals surface area (Å²) in [6.07, 6.45) is 4.83. The van der Waals surface area contributed by atoms with Gasteiger partial charge >= 0.3 is 12.0 Å². The van der Waals surface area contributed by atoms with Crippen LogP contribution in [0, 0.1) is 16.0 Å². The van der Waals surface area contributed by atoms with E-state index in [9.17, 15) is 19.7 Å². The molecule has 0 spiro atoms. The number of carbonyl (C=O) groups is 2. The molecular weight excluding hydrogens is 338 g/mol. The second kappa shape index (κ2) is 7.63. The number of hydrogen-bond donors (Lipinski definition) is 1. The molecule has 0 bridgehead atoms. The van der Waals surface area contributed by atoms with Gasteiger partial charge in [-0.25, -0.2) is 9.79 Å². The Morgan fingerprint density at radius 1 is 1.23 bits per heavy atom. The van der Waals surface area contributed by atoms with Crippen molar-refractivity contribution in [1.29, 1.82) is 0 Å². The van der Waals surface area contributed by atoms with Gasteiger partial charge in [-0.15, -0.1) is 0 Å². The smallest absolute Gasteiger partial charge is 0.341 e. The Hall–Kier alpha value is -2.77. The Bertz CT molecular complexity index is 738. The summed E-state index contributed by atoms with van der Waals surface area (Å²) in [4.78, 5) is 38.8. The van der Waals surface area contributed by atoms with Crippen molar-refractivity contribution in [3.8, 4) is 0 Å². The van der Waals surface area contributed by atoms with E-state index in [0.29, 0.717) is 11.3 Å². The molecule has 0 radical (unpaired) electrons. The van der Waals surface area contributed by atoms with Crippen LogP contribution in [0.1, 0.15) is 50.6 Å². The molecule has 1 aromatic rings. The van der Waals surface area contributed by atoms with Gasteiger partial charge in [-0.2, -0.15) is 0 Å². The van der Waals surface area contributed by atoms with E-state index in [-0.39, 0.29) is 11.8 Å². The van der Waals surface area contributed by atoms with Crippen molar-refractivity contribution in [2.45, 2.75) is 51.2 Å². The number of benzene rings is 1. The number of amides is 2. The van der Waals surface area contributed by atoms with Crippen molar-refractivity contribution in [3.63, 3.8) is 0 Å². The molecule has 1 fully saturated rings. The molecule has 1 aromatic carbocycles. The fourth-order valence-electron chi connectivity index (χ4n) is 3.53. The lowest BCUT2D eigenvalue weighted by atomic mass is 9.88. The number of nitrogens with one attached hydrogen (secondary N) is 1. The largest absolute Gasteiger partial charge is 0.462 e.